The molecule has 92 valence electrons. The van der Waals surface area contributed by atoms with Gasteiger partial charge in [-0.25, -0.2) is 4.79 Å². The van der Waals surface area contributed by atoms with E-state index >= 15 is 0 Å². The molecule has 0 bridgehead atoms. The molecule has 0 spiro atoms. The van der Waals surface area contributed by atoms with Gasteiger partial charge in [-0.3, -0.25) is 4.79 Å². The summed E-state index contributed by atoms with van der Waals surface area (Å²) in [5, 5.41) is 2.47. The quantitative estimate of drug-likeness (QED) is 0.625. The van der Waals surface area contributed by atoms with Gasteiger partial charge in [0.15, 0.2) is 0 Å². The number of rotatable bonds is 4. The van der Waals surface area contributed by atoms with E-state index in [2.05, 4.69) is 10.1 Å². The molecule has 1 aromatic carbocycles. The highest BCUT2D eigenvalue weighted by atomic mass is 16.6. The Kier molecular flexibility index (Phi) is 4.23. The highest BCUT2D eigenvalue weighted by Crippen LogP contribution is 2.09. The molecule has 1 aromatic rings. The van der Waals surface area contributed by atoms with Crippen molar-refractivity contribution in [3.05, 3.63) is 35.9 Å². The number of carbonyl (C=O) groups excluding carboxylic acids is 2. The molecule has 1 rings (SSSR count). The molecule has 17 heavy (non-hydrogen) atoms. The molecule has 0 aliphatic heterocycles. The Hall–Kier alpha value is -1.88. The fourth-order valence-corrected chi connectivity index (χ4v) is 1.26. The van der Waals surface area contributed by atoms with Crippen molar-refractivity contribution in [2.45, 2.75) is 12.6 Å². The van der Waals surface area contributed by atoms with Crippen LogP contribution in [-0.2, 0) is 14.3 Å². The molecule has 0 saturated heterocycles. The maximum Gasteiger partial charge on any atom is 0.359 e. The molecule has 5 nitrogen and oxygen atoms in total. The Morgan fingerprint density at radius 2 is 1.76 bits per heavy atom. The normalized spacial score (nSPS) is 13.6. The molecule has 5 heteroatoms. The van der Waals surface area contributed by atoms with Crippen LogP contribution in [0.2, 0.25) is 0 Å². The molecule has 0 saturated carbocycles. The molecule has 0 heterocycles. The highest BCUT2D eigenvalue weighted by molar-refractivity contribution is 5.97. The van der Waals surface area contributed by atoms with Crippen LogP contribution in [0.5, 0.6) is 0 Å². The van der Waals surface area contributed by atoms with Crippen LogP contribution in [0, 0.1) is 0 Å². The third-order valence-corrected chi connectivity index (χ3v) is 2.37. The summed E-state index contributed by atoms with van der Waals surface area (Å²) in [4.78, 5) is 23.3. The Morgan fingerprint density at radius 1 is 1.18 bits per heavy atom. The van der Waals surface area contributed by atoms with Gasteiger partial charge in [0.25, 0.3) is 5.91 Å². The Balaban J connectivity index is 2.83. The Labute approximate surface area is 99.7 Å². The lowest BCUT2D eigenvalue weighted by Crippen LogP contribution is -2.54. The van der Waals surface area contributed by atoms with Gasteiger partial charge in [-0.2, -0.15) is 0 Å². The second kappa shape index (κ2) is 5.45. The third kappa shape index (κ3) is 3.04. The molecule has 1 atom stereocenters. The Morgan fingerprint density at radius 3 is 2.24 bits per heavy atom. The molecule has 1 N–H and O–H groups in total. The van der Waals surface area contributed by atoms with Crippen LogP contribution in [0.3, 0.4) is 0 Å². The summed E-state index contributed by atoms with van der Waals surface area (Å²) in [7, 11) is 2.55. The van der Waals surface area contributed by atoms with Crippen molar-refractivity contribution in [3.63, 3.8) is 0 Å². The van der Waals surface area contributed by atoms with Crippen molar-refractivity contribution in [1.29, 1.82) is 0 Å². The zero-order valence-corrected chi connectivity index (χ0v) is 10.0. The van der Waals surface area contributed by atoms with E-state index in [1.54, 1.807) is 30.3 Å². The first-order valence-electron chi connectivity index (χ1n) is 5.04. The number of methoxy groups -OCH3 is 2. The smallest absolute Gasteiger partial charge is 0.359 e. The van der Waals surface area contributed by atoms with Crippen molar-refractivity contribution >= 4 is 11.9 Å². The van der Waals surface area contributed by atoms with E-state index in [1.165, 1.54) is 21.1 Å². The van der Waals surface area contributed by atoms with Gasteiger partial charge in [0.05, 0.1) is 7.11 Å². The summed E-state index contributed by atoms with van der Waals surface area (Å²) in [6.45, 7) is 1.43. The molecule has 0 aromatic heterocycles. The number of benzene rings is 1. The molecule has 1 amide bonds. The van der Waals surface area contributed by atoms with Crippen LogP contribution in [0.1, 0.15) is 17.3 Å². The third-order valence-electron chi connectivity index (χ3n) is 2.37. The molecule has 0 fully saturated rings. The second-order valence-corrected chi connectivity index (χ2v) is 3.55. The number of hydrogen-bond donors (Lipinski definition) is 1. The number of esters is 1. The summed E-state index contributed by atoms with van der Waals surface area (Å²) in [5.41, 5.74) is -1.04. The van der Waals surface area contributed by atoms with Crippen molar-refractivity contribution in [3.8, 4) is 0 Å². The van der Waals surface area contributed by atoms with E-state index in [9.17, 15) is 9.59 Å². The van der Waals surface area contributed by atoms with Gasteiger partial charge in [0.1, 0.15) is 0 Å². The van der Waals surface area contributed by atoms with E-state index in [0.717, 1.165) is 0 Å². The fourth-order valence-electron chi connectivity index (χ4n) is 1.26. The lowest BCUT2D eigenvalue weighted by atomic mass is 10.2. The van der Waals surface area contributed by atoms with Crippen LogP contribution < -0.4 is 5.32 Å². The standard InChI is InChI=1S/C12H15NO4/c1-12(17-3,11(15)16-2)13-10(14)9-7-5-4-6-8-9/h4-8H,1-3H3,(H,13,14)/t12-/m0/s1. The number of carbonyl (C=O) groups is 2. The van der Waals surface area contributed by atoms with Gasteiger partial charge in [-0.05, 0) is 19.1 Å². The maximum atomic E-state index is 11.8. The zero-order valence-electron chi connectivity index (χ0n) is 10.0. The minimum atomic E-state index is -1.48. The van der Waals surface area contributed by atoms with E-state index in [-0.39, 0.29) is 0 Å². The molecule has 0 radical (unpaired) electrons. The average molecular weight is 237 g/mol. The largest absolute Gasteiger partial charge is 0.465 e. The van der Waals surface area contributed by atoms with Gasteiger partial charge in [-0.1, -0.05) is 18.2 Å². The Bertz CT molecular complexity index is 404. The minimum Gasteiger partial charge on any atom is -0.465 e. The monoisotopic (exact) mass is 237 g/mol. The van der Waals surface area contributed by atoms with E-state index in [0.29, 0.717) is 5.56 Å². The lowest BCUT2D eigenvalue weighted by molar-refractivity contribution is -0.166. The minimum absolute atomic E-state index is 0.402. The van der Waals surface area contributed by atoms with Crippen LogP contribution in [0.25, 0.3) is 0 Å². The summed E-state index contributed by atoms with van der Waals surface area (Å²) in [5.74, 6) is -1.07. The zero-order chi connectivity index (χ0) is 12.9. The predicted molar refractivity (Wildman–Crippen MR) is 61.3 cm³/mol. The van der Waals surface area contributed by atoms with Crippen molar-refractivity contribution in [1.82, 2.24) is 5.32 Å². The van der Waals surface area contributed by atoms with Gasteiger partial charge in [0, 0.05) is 12.7 Å². The van der Waals surface area contributed by atoms with Gasteiger partial charge in [-0.15, -0.1) is 0 Å². The lowest BCUT2D eigenvalue weighted by Gasteiger charge is -2.25. The van der Waals surface area contributed by atoms with Crippen molar-refractivity contribution in [2.75, 3.05) is 14.2 Å². The van der Waals surface area contributed by atoms with E-state index in [4.69, 9.17) is 4.74 Å². The summed E-state index contributed by atoms with van der Waals surface area (Å²) < 4.78 is 9.54. The first-order valence-corrected chi connectivity index (χ1v) is 5.04. The van der Waals surface area contributed by atoms with Gasteiger partial charge >= 0.3 is 5.97 Å². The topological polar surface area (TPSA) is 64.6 Å². The molecular formula is C12H15NO4. The number of amides is 1. The first kappa shape index (κ1) is 13.2. The van der Waals surface area contributed by atoms with Crippen molar-refractivity contribution < 1.29 is 19.1 Å². The average Bonchev–Trinajstić information content (AvgIpc) is 2.38. The van der Waals surface area contributed by atoms with E-state index < -0.39 is 17.6 Å². The number of nitrogens with one attached hydrogen (secondary N) is 1. The highest BCUT2D eigenvalue weighted by Gasteiger charge is 2.36. The molecule has 0 aliphatic rings. The van der Waals surface area contributed by atoms with Gasteiger partial charge < -0.3 is 14.8 Å². The first-order chi connectivity index (χ1) is 8.03. The number of hydrogen-bond acceptors (Lipinski definition) is 4. The summed E-state index contributed by atoms with van der Waals surface area (Å²) in [6.07, 6.45) is 0. The molecule has 0 aliphatic carbocycles. The summed E-state index contributed by atoms with van der Waals surface area (Å²) in [6, 6.07) is 8.55. The van der Waals surface area contributed by atoms with Gasteiger partial charge in [0.2, 0.25) is 5.72 Å². The fraction of sp³-hybridized carbons (Fsp3) is 0.333. The SMILES string of the molecule is COC(=O)[C@@](C)(NC(=O)c1ccccc1)OC. The maximum absolute atomic E-state index is 11.8. The molecule has 0 unspecified atom stereocenters. The number of ether oxygens (including phenoxy) is 2. The van der Waals surface area contributed by atoms with Crippen LogP contribution in [0.15, 0.2) is 30.3 Å². The molecular weight excluding hydrogens is 222 g/mol. The predicted octanol–water partition coefficient (Wildman–Crippen LogP) is 0.952. The van der Waals surface area contributed by atoms with E-state index in [1.807, 2.05) is 0 Å². The van der Waals surface area contributed by atoms with Crippen molar-refractivity contribution in [2.24, 2.45) is 0 Å². The van der Waals surface area contributed by atoms with Crippen LogP contribution in [0.4, 0.5) is 0 Å². The van der Waals surface area contributed by atoms with Crippen LogP contribution >= 0.6 is 0 Å². The summed E-state index contributed by atoms with van der Waals surface area (Å²) >= 11 is 0. The second-order valence-electron chi connectivity index (χ2n) is 3.55. The van der Waals surface area contributed by atoms with Crippen LogP contribution in [-0.4, -0.2) is 31.8 Å².